The Morgan fingerprint density at radius 1 is 1.33 bits per heavy atom. The van der Waals surface area contributed by atoms with E-state index in [-0.39, 0.29) is 11.7 Å². The summed E-state index contributed by atoms with van der Waals surface area (Å²) < 4.78 is 15.2. The first-order valence-corrected chi connectivity index (χ1v) is 7.60. The minimum atomic E-state index is -0.840. The van der Waals surface area contributed by atoms with E-state index in [4.69, 9.17) is 14.2 Å². The lowest BCUT2D eigenvalue weighted by Crippen LogP contribution is -2.39. The third kappa shape index (κ3) is 4.95. The van der Waals surface area contributed by atoms with Crippen LogP contribution in [-0.2, 0) is 23.8 Å². The molecule has 0 aromatic rings. The van der Waals surface area contributed by atoms with E-state index < -0.39 is 12.1 Å². The number of carbonyl (C=O) groups is 2. The summed E-state index contributed by atoms with van der Waals surface area (Å²) in [6.07, 6.45) is 6.45. The summed E-state index contributed by atoms with van der Waals surface area (Å²) in [7, 11) is 0. The van der Waals surface area contributed by atoms with E-state index in [0.29, 0.717) is 25.7 Å². The lowest BCUT2D eigenvalue weighted by atomic mass is 9.89. The van der Waals surface area contributed by atoms with Crippen molar-refractivity contribution in [1.29, 1.82) is 0 Å². The summed E-state index contributed by atoms with van der Waals surface area (Å²) in [5, 5.41) is 2.85. The second-order valence-electron chi connectivity index (χ2n) is 5.50. The predicted octanol–water partition coefficient (Wildman–Crippen LogP) is 1.50. The van der Waals surface area contributed by atoms with Gasteiger partial charge < -0.3 is 19.5 Å². The van der Waals surface area contributed by atoms with Crippen LogP contribution < -0.4 is 5.32 Å². The molecule has 1 aliphatic carbocycles. The van der Waals surface area contributed by atoms with E-state index in [1.807, 2.05) is 0 Å². The molecule has 0 unspecified atom stereocenters. The lowest BCUT2D eigenvalue weighted by Gasteiger charge is -2.23. The van der Waals surface area contributed by atoms with Gasteiger partial charge >= 0.3 is 5.97 Å². The van der Waals surface area contributed by atoms with Crippen molar-refractivity contribution in [2.45, 2.75) is 45.1 Å². The van der Waals surface area contributed by atoms with Crippen molar-refractivity contribution in [3.63, 3.8) is 0 Å². The molecule has 2 rings (SSSR count). The highest BCUT2D eigenvalue weighted by Gasteiger charge is 2.24. The molecule has 0 bridgehead atoms. The Hall–Kier alpha value is -1.72. The van der Waals surface area contributed by atoms with E-state index in [2.05, 4.69) is 5.32 Å². The highest BCUT2D eigenvalue weighted by Crippen LogP contribution is 2.22. The maximum Gasteiger partial charge on any atom is 0.377 e. The quantitative estimate of drug-likeness (QED) is 0.779. The molecule has 1 heterocycles. The SMILES string of the molecule is C[C@H](OC(=O)C1=COCCO1)C(=O)NCC1CCCCC1. The van der Waals surface area contributed by atoms with Gasteiger partial charge in [-0.05, 0) is 25.7 Å². The molecule has 1 N–H and O–H groups in total. The summed E-state index contributed by atoms with van der Waals surface area (Å²) >= 11 is 0. The van der Waals surface area contributed by atoms with E-state index in [0.717, 1.165) is 12.8 Å². The van der Waals surface area contributed by atoms with E-state index in [1.165, 1.54) is 25.5 Å². The van der Waals surface area contributed by atoms with Crippen LogP contribution in [0.4, 0.5) is 0 Å². The van der Waals surface area contributed by atoms with Crippen LogP contribution in [-0.4, -0.2) is 37.7 Å². The zero-order valence-electron chi connectivity index (χ0n) is 12.4. The number of hydrogen-bond donors (Lipinski definition) is 1. The van der Waals surface area contributed by atoms with Gasteiger partial charge in [-0.15, -0.1) is 0 Å². The molecule has 1 atom stereocenters. The zero-order valence-corrected chi connectivity index (χ0v) is 12.4. The van der Waals surface area contributed by atoms with Gasteiger partial charge in [-0.2, -0.15) is 0 Å². The summed E-state index contributed by atoms with van der Waals surface area (Å²) in [5.74, 6) is -0.391. The fraction of sp³-hybridized carbons (Fsp3) is 0.733. The minimum Gasteiger partial charge on any atom is -0.493 e. The molecular formula is C15H23NO5. The van der Waals surface area contributed by atoms with Gasteiger partial charge in [-0.25, -0.2) is 4.79 Å². The highest BCUT2D eigenvalue weighted by molar-refractivity contribution is 5.89. The molecule has 1 fully saturated rings. The molecule has 118 valence electrons. The molecule has 0 saturated heterocycles. The van der Waals surface area contributed by atoms with Crippen LogP contribution in [0.1, 0.15) is 39.0 Å². The summed E-state index contributed by atoms with van der Waals surface area (Å²) in [4.78, 5) is 23.7. The topological polar surface area (TPSA) is 73.9 Å². The molecule has 6 nitrogen and oxygen atoms in total. The van der Waals surface area contributed by atoms with Crippen LogP contribution in [0.5, 0.6) is 0 Å². The van der Waals surface area contributed by atoms with Crippen molar-refractivity contribution in [2.24, 2.45) is 5.92 Å². The highest BCUT2D eigenvalue weighted by atomic mass is 16.6. The Morgan fingerprint density at radius 2 is 2.10 bits per heavy atom. The molecule has 0 spiro atoms. The molecule has 2 aliphatic rings. The van der Waals surface area contributed by atoms with Gasteiger partial charge in [0.05, 0.1) is 0 Å². The Kier molecular flexibility index (Phi) is 5.90. The number of hydrogen-bond acceptors (Lipinski definition) is 5. The Labute approximate surface area is 124 Å². The maximum atomic E-state index is 11.9. The monoisotopic (exact) mass is 297 g/mol. The number of rotatable bonds is 5. The van der Waals surface area contributed by atoms with Crippen LogP contribution in [0.2, 0.25) is 0 Å². The molecule has 6 heteroatoms. The Bertz CT molecular complexity index is 401. The summed E-state index contributed by atoms with van der Waals surface area (Å²) in [6, 6.07) is 0. The summed E-state index contributed by atoms with van der Waals surface area (Å²) in [5.41, 5.74) is 0. The third-order valence-electron chi connectivity index (χ3n) is 3.79. The molecule has 1 saturated carbocycles. The third-order valence-corrected chi connectivity index (χ3v) is 3.79. The fourth-order valence-corrected chi connectivity index (χ4v) is 2.53. The normalized spacial score (nSPS) is 20.5. The average Bonchev–Trinajstić information content (AvgIpc) is 2.54. The minimum absolute atomic E-state index is 0.00757. The molecular weight excluding hydrogens is 274 g/mol. The molecule has 21 heavy (non-hydrogen) atoms. The van der Waals surface area contributed by atoms with Crippen LogP contribution in [0, 0.1) is 5.92 Å². The zero-order chi connectivity index (χ0) is 15.1. The first-order valence-electron chi connectivity index (χ1n) is 7.60. The van der Waals surface area contributed by atoms with E-state index in [9.17, 15) is 9.59 Å². The van der Waals surface area contributed by atoms with Gasteiger partial charge in [-0.1, -0.05) is 19.3 Å². The van der Waals surface area contributed by atoms with E-state index in [1.54, 1.807) is 6.92 Å². The second kappa shape index (κ2) is 7.90. The Morgan fingerprint density at radius 3 is 2.76 bits per heavy atom. The number of carbonyl (C=O) groups excluding carboxylic acids is 2. The average molecular weight is 297 g/mol. The van der Waals surface area contributed by atoms with Crippen molar-refractivity contribution in [3.8, 4) is 0 Å². The smallest absolute Gasteiger partial charge is 0.377 e. The van der Waals surface area contributed by atoms with Gasteiger partial charge in [-0.3, -0.25) is 4.79 Å². The summed E-state index contributed by atoms with van der Waals surface area (Å²) in [6.45, 7) is 2.93. The van der Waals surface area contributed by atoms with Crippen LogP contribution in [0.15, 0.2) is 12.0 Å². The maximum absolute atomic E-state index is 11.9. The first-order chi connectivity index (χ1) is 10.2. The van der Waals surface area contributed by atoms with Gasteiger partial charge in [0.15, 0.2) is 6.10 Å². The van der Waals surface area contributed by atoms with Crippen molar-refractivity contribution in [3.05, 3.63) is 12.0 Å². The van der Waals surface area contributed by atoms with Gasteiger partial charge in [0, 0.05) is 6.54 Å². The van der Waals surface area contributed by atoms with Crippen molar-refractivity contribution < 1.29 is 23.8 Å². The molecule has 1 aliphatic heterocycles. The number of nitrogens with one attached hydrogen (secondary N) is 1. The van der Waals surface area contributed by atoms with Crippen molar-refractivity contribution in [1.82, 2.24) is 5.32 Å². The van der Waals surface area contributed by atoms with Gasteiger partial charge in [0.2, 0.25) is 5.76 Å². The standard InChI is InChI=1S/C15H23NO5/c1-11(21-15(18)13-10-19-7-8-20-13)14(17)16-9-12-5-3-2-4-6-12/h10-12H,2-9H2,1H3,(H,16,17)/t11-/m0/s1. The molecule has 0 aromatic carbocycles. The molecule has 1 amide bonds. The van der Waals surface area contributed by atoms with Crippen LogP contribution in [0.25, 0.3) is 0 Å². The van der Waals surface area contributed by atoms with E-state index >= 15 is 0 Å². The molecule has 0 radical (unpaired) electrons. The number of ether oxygens (including phenoxy) is 3. The predicted molar refractivity (Wildman–Crippen MR) is 75.1 cm³/mol. The second-order valence-corrected chi connectivity index (χ2v) is 5.50. The number of esters is 1. The molecule has 0 aromatic heterocycles. The van der Waals surface area contributed by atoms with Gasteiger partial charge in [0.25, 0.3) is 5.91 Å². The first kappa shape index (κ1) is 15.7. The van der Waals surface area contributed by atoms with Crippen molar-refractivity contribution >= 4 is 11.9 Å². The largest absolute Gasteiger partial charge is 0.493 e. The Balaban J connectivity index is 1.71. The number of amides is 1. The fourth-order valence-electron chi connectivity index (χ4n) is 2.53. The lowest BCUT2D eigenvalue weighted by molar-refractivity contribution is -0.155. The van der Waals surface area contributed by atoms with Crippen LogP contribution >= 0.6 is 0 Å². The van der Waals surface area contributed by atoms with Crippen molar-refractivity contribution in [2.75, 3.05) is 19.8 Å². The van der Waals surface area contributed by atoms with Gasteiger partial charge in [0.1, 0.15) is 19.5 Å². The van der Waals surface area contributed by atoms with Crippen LogP contribution in [0.3, 0.4) is 0 Å².